The zero-order valence-corrected chi connectivity index (χ0v) is 18.8. The number of rotatable bonds is 5. The third-order valence-electron chi connectivity index (χ3n) is 5.11. The van der Waals surface area contributed by atoms with Gasteiger partial charge in [0.2, 0.25) is 5.82 Å². The number of imidazole rings is 1. The van der Waals surface area contributed by atoms with Crippen LogP contribution in [0, 0.1) is 6.92 Å². The number of carboxylic acids is 1. The molecular weight excluding hydrogens is 500 g/mol. The highest BCUT2D eigenvalue weighted by molar-refractivity contribution is 9.10. The van der Waals surface area contributed by atoms with Crippen LogP contribution in [0.15, 0.2) is 51.4 Å². The first-order chi connectivity index (χ1) is 15.4. The summed E-state index contributed by atoms with van der Waals surface area (Å²) in [5.41, 5.74) is 3.10. The van der Waals surface area contributed by atoms with E-state index >= 15 is 0 Å². The maximum atomic E-state index is 11.6. The highest BCUT2D eigenvalue weighted by atomic mass is 79.9. The Labute approximate surface area is 194 Å². The van der Waals surface area contributed by atoms with Gasteiger partial charge >= 0.3 is 5.97 Å². The molecule has 0 spiro atoms. The molecule has 0 aliphatic carbocycles. The number of aromatic carboxylic acids is 1. The smallest absolute Gasteiger partial charge is 0.355 e. The van der Waals surface area contributed by atoms with Gasteiger partial charge < -0.3 is 14.1 Å². The van der Waals surface area contributed by atoms with E-state index in [-0.39, 0.29) is 10.8 Å². The Morgan fingerprint density at radius 2 is 2.03 bits per heavy atom. The number of fused-ring (bicyclic) bond motifs is 1. The largest absolute Gasteiger partial charge is 0.476 e. The van der Waals surface area contributed by atoms with E-state index in [1.54, 1.807) is 11.5 Å². The number of aromatic nitrogens is 6. The number of nitrogens with one attached hydrogen (secondary N) is 1. The van der Waals surface area contributed by atoms with Gasteiger partial charge in [0.15, 0.2) is 10.8 Å². The second-order valence-corrected chi connectivity index (χ2v) is 8.20. The lowest BCUT2D eigenvalue weighted by molar-refractivity contribution is 0.0685. The zero-order chi connectivity index (χ0) is 22.4. The first kappa shape index (κ1) is 20.4. The Bertz CT molecular complexity index is 1470. The van der Waals surface area contributed by atoms with Crippen molar-refractivity contribution in [1.29, 1.82) is 0 Å². The van der Waals surface area contributed by atoms with Gasteiger partial charge in [-0.2, -0.15) is 5.21 Å². The molecule has 0 saturated carbocycles. The molecule has 0 amide bonds. The monoisotopic (exact) mass is 512 g/mol. The quantitative estimate of drug-likeness (QED) is 0.341. The van der Waals surface area contributed by atoms with Gasteiger partial charge in [-0.15, -0.1) is 10.2 Å². The molecule has 0 unspecified atom stereocenters. The molecule has 2 N–H and O–H groups in total. The third-order valence-corrected chi connectivity index (χ3v) is 6.16. The minimum absolute atomic E-state index is 0.0269. The second kappa shape index (κ2) is 7.88. The molecule has 0 aliphatic rings. The summed E-state index contributed by atoms with van der Waals surface area (Å²) in [6.07, 6.45) is 0. The van der Waals surface area contributed by atoms with Crippen molar-refractivity contribution in [3.05, 3.63) is 69.2 Å². The number of furan rings is 1. The van der Waals surface area contributed by atoms with E-state index in [1.807, 2.05) is 42.5 Å². The SMILES string of the molecule is Cc1nc(Cl)c(C(=O)O)n1Cc1ccc2oc(-c3ccccc3-c3nn[nH]n3)c(Br)c2c1. The average molecular weight is 514 g/mol. The molecule has 5 aromatic rings. The number of hydrogen-bond donors (Lipinski definition) is 2. The Balaban J connectivity index is 1.59. The lowest BCUT2D eigenvalue weighted by atomic mass is 10.0. The summed E-state index contributed by atoms with van der Waals surface area (Å²) in [6, 6.07) is 13.3. The molecule has 0 atom stereocenters. The van der Waals surface area contributed by atoms with Gasteiger partial charge in [0.25, 0.3) is 0 Å². The maximum Gasteiger partial charge on any atom is 0.355 e. The van der Waals surface area contributed by atoms with Crippen LogP contribution in [0.2, 0.25) is 5.15 Å². The molecule has 9 nitrogen and oxygen atoms in total. The maximum absolute atomic E-state index is 11.6. The van der Waals surface area contributed by atoms with Crippen LogP contribution >= 0.6 is 27.5 Å². The predicted molar refractivity (Wildman–Crippen MR) is 121 cm³/mol. The van der Waals surface area contributed by atoms with Gasteiger partial charge in [-0.05, 0) is 45.8 Å². The van der Waals surface area contributed by atoms with Gasteiger partial charge in [0.1, 0.15) is 17.2 Å². The fourth-order valence-corrected chi connectivity index (χ4v) is 4.56. The third kappa shape index (κ3) is 3.37. The molecule has 11 heteroatoms. The summed E-state index contributed by atoms with van der Waals surface area (Å²) in [5.74, 6) is 0.489. The average Bonchev–Trinajstić information content (AvgIpc) is 3.48. The van der Waals surface area contributed by atoms with Crippen LogP contribution in [-0.4, -0.2) is 41.3 Å². The van der Waals surface area contributed by atoms with E-state index in [2.05, 4.69) is 41.5 Å². The number of H-pyrrole nitrogens is 1. The minimum atomic E-state index is -1.12. The molecule has 0 aliphatic heterocycles. The number of benzene rings is 2. The van der Waals surface area contributed by atoms with Crippen LogP contribution in [0.3, 0.4) is 0 Å². The van der Waals surface area contributed by atoms with Crippen molar-refractivity contribution in [3.63, 3.8) is 0 Å². The Hall–Kier alpha value is -3.50. The summed E-state index contributed by atoms with van der Waals surface area (Å²) < 4.78 is 8.49. The van der Waals surface area contributed by atoms with Crippen molar-refractivity contribution in [2.24, 2.45) is 0 Å². The number of aromatic amines is 1. The van der Waals surface area contributed by atoms with E-state index in [0.29, 0.717) is 29.5 Å². The van der Waals surface area contributed by atoms with Crippen LogP contribution in [0.5, 0.6) is 0 Å². The molecule has 3 heterocycles. The Morgan fingerprint density at radius 1 is 1.25 bits per heavy atom. The van der Waals surface area contributed by atoms with Crippen molar-refractivity contribution in [3.8, 4) is 22.7 Å². The van der Waals surface area contributed by atoms with Gasteiger partial charge in [-0.3, -0.25) is 0 Å². The lowest BCUT2D eigenvalue weighted by Crippen LogP contribution is -2.11. The van der Waals surface area contributed by atoms with Crippen molar-refractivity contribution in [2.45, 2.75) is 13.5 Å². The first-order valence-electron chi connectivity index (χ1n) is 9.44. The Kier molecular flexibility index (Phi) is 5.03. The summed E-state index contributed by atoms with van der Waals surface area (Å²) in [7, 11) is 0. The predicted octanol–water partition coefficient (Wildman–Crippen LogP) is 4.95. The van der Waals surface area contributed by atoms with E-state index in [9.17, 15) is 9.90 Å². The van der Waals surface area contributed by atoms with Crippen molar-refractivity contribution in [2.75, 3.05) is 0 Å². The van der Waals surface area contributed by atoms with E-state index in [0.717, 1.165) is 26.5 Å². The second-order valence-electron chi connectivity index (χ2n) is 7.05. The molecule has 0 fully saturated rings. The highest BCUT2D eigenvalue weighted by Crippen LogP contribution is 2.41. The van der Waals surface area contributed by atoms with Gasteiger partial charge in [0.05, 0.1) is 4.47 Å². The molecular formula is C21H14BrClN6O3. The van der Waals surface area contributed by atoms with Gasteiger partial charge in [0, 0.05) is 23.1 Å². The summed E-state index contributed by atoms with van der Waals surface area (Å²) in [4.78, 5) is 15.7. The summed E-state index contributed by atoms with van der Waals surface area (Å²) >= 11 is 9.68. The number of aryl methyl sites for hydroxylation is 1. The number of carbonyl (C=O) groups is 1. The molecule has 2 aromatic carbocycles. The molecule has 0 radical (unpaired) electrons. The van der Waals surface area contributed by atoms with Crippen molar-refractivity contribution in [1.82, 2.24) is 30.2 Å². The number of nitrogens with zero attached hydrogens (tertiary/aromatic N) is 5. The number of tetrazole rings is 1. The fraction of sp³-hybridized carbons (Fsp3) is 0.0952. The molecule has 3 aromatic heterocycles. The van der Waals surface area contributed by atoms with E-state index < -0.39 is 5.97 Å². The lowest BCUT2D eigenvalue weighted by Gasteiger charge is -2.08. The molecule has 0 saturated heterocycles. The minimum Gasteiger partial charge on any atom is -0.476 e. The first-order valence-corrected chi connectivity index (χ1v) is 10.6. The Morgan fingerprint density at radius 3 is 2.75 bits per heavy atom. The standard InChI is InChI=1S/C21H14BrClN6O3/c1-10-24-19(23)17(21(30)31)29(10)9-11-6-7-15-14(8-11)16(22)18(32-15)12-4-2-3-5-13(12)20-25-27-28-26-20/h2-8H,9H2,1H3,(H,30,31)(H,25,26,27,28). The van der Waals surface area contributed by atoms with E-state index in [1.165, 1.54) is 0 Å². The highest BCUT2D eigenvalue weighted by Gasteiger charge is 2.22. The number of halogens is 2. The van der Waals surface area contributed by atoms with Gasteiger partial charge in [-0.25, -0.2) is 9.78 Å². The van der Waals surface area contributed by atoms with Crippen LogP contribution < -0.4 is 0 Å². The van der Waals surface area contributed by atoms with Gasteiger partial charge in [-0.1, -0.05) is 41.9 Å². The molecule has 0 bridgehead atoms. The molecule has 160 valence electrons. The topological polar surface area (TPSA) is 123 Å². The van der Waals surface area contributed by atoms with Crippen molar-refractivity contribution >= 4 is 44.5 Å². The van der Waals surface area contributed by atoms with Crippen LogP contribution in [0.1, 0.15) is 21.9 Å². The fourth-order valence-electron chi connectivity index (χ4n) is 3.65. The normalized spacial score (nSPS) is 11.3. The van der Waals surface area contributed by atoms with Crippen LogP contribution in [0.4, 0.5) is 0 Å². The van der Waals surface area contributed by atoms with Crippen molar-refractivity contribution < 1.29 is 14.3 Å². The molecule has 5 rings (SSSR count). The summed E-state index contributed by atoms with van der Waals surface area (Å²) in [6.45, 7) is 2.02. The number of hydrogen-bond acceptors (Lipinski definition) is 6. The van der Waals surface area contributed by atoms with Crippen LogP contribution in [0.25, 0.3) is 33.7 Å². The summed E-state index contributed by atoms with van der Waals surface area (Å²) in [5, 5.41) is 24.6. The number of carboxylic acid groups (broad SMARTS) is 1. The van der Waals surface area contributed by atoms with E-state index in [4.69, 9.17) is 16.0 Å². The zero-order valence-electron chi connectivity index (χ0n) is 16.5. The van der Waals surface area contributed by atoms with Crippen LogP contribution in [-0.2, 0) is 6.54 Å². The molecule has 32 heavy (non-hydrogen) atoms.